The third-order valence-corrected chi connectivity index (χ3v) is 2.87. The van der Waals surface area contributed by atoms with Gasteiger partial charge in [0.2, 0.25) is 0 Å². The van der Waals surface area contributed by atoms with Crippen LogP contribution in [0.3, 0.4) is 0 Å². The number of aryl methyl sites for hydroxylation is 2. The van der Waals surface area contributed by atoms with Gasteiger partial charge in [0.1, 0.15) is 5.56 Å². The Morgan fingerprint density at radius 1 is 1.24 bits per heavy atom. The zero-order chi connectivity index (χ0) is 12.8. The molecule has 1 aromatic rings. The lowest BCUT2D eigenvalue weighted by Gasteiger charge is -2.04. The number of rotatable bonds is 7. The third-order valence-electron chi connectivity index (χ3n) is 2.87. The molecule has 0 saturated heterocycles. The molecule has 5 nitrogen and oxygen atoms in total. The number of carboxylic acids is 1. The molecule has 0 fully saturated rings. The molecular formula is C12H20N2O3. The lowest BCUT2D eigenvalue weighted by Crippen LogP contribution is -2.05. The van der Waals surface area contributed by atoms with Gasteiger partial charge >= 0.3 is 5.97 Å². The van der Waals surface area contributed by atoms with E-state index in [1.165, 1.54) is 0 Å². The quantitative estimate of drug-likeness (QED) is 0.712. The van der Waals surface area contributed by atoms with Crippen LogP contribution in [0.2, 0.25) is 0 Å². The molecule has 96 valence electrons. The number of carboxylic acid groups (broad SMARTS) is 1. The third kappa shape index (κ3) is 3.56. The monoisotopic (exact) mass is 240 g/mol. The highest BCUT2D eigenvalue weighted by Gasteiger charge is 2.16. The smallest absolute Gasteiger partial charge is 0.339 e. The number of hydrogen-bond acceptors (Lipinski definition) is 3. The summed E-state index contributed by atoms with van der Waals surface area (Å²) in [7, 11) is 0. The van der Waals surface area contributed by atoms with Crippen LogP contribution < -0.4 is 0 Å². The molecule has 1 rings (SSSR count). The number of aromatic carboxylic acids is 1. The van der Waals surface area contributed by atoms with Gasteiger partial charge in [-0.2, -0.15) is 5.10 Å². The van der Waals surface area contributed by atoms with Crippen molar-refractivity contribution in [3.05, 3.63) is 17.0 Å². The van der Waals surface area contributed by atoms with Crippen LogP contribution in [-0.2, 0) is 6.54 Å². The van der Waals surface area contributed by atoms with Gasteiger partial charge in [-0.1, -0.05) is 12.8 Å². The van der Waals surface area contributed by atoms with E-state index in [0.29, 0.717) is 11.3 Å². The van der Waals surface area contributed by atoms with Crippen molar-refractivity contribution in [3.8, 4) is 0 Å². The van der Waals surface area contributed by atoms with E-state index in [1.807, 2.05) is 0 Å². The highest BCUT2D eigenvalue weighted by Crippen LogP contribution is 2.14. The second kappa shape index (κ2) is 6.39. The molecule has 0 saturated carbocycles. The maximum atomic E-state index is 11.0. The minimum absolute atomic E-state index is 0.239. The Morgan fingerprint density at radius 2 is 1.88 bits per heavy atom. The molecule has 2 N–H and O–H groups in total. The summed E-state index contributed by atoms with van der Waals surface area (Å²) in [6.07, 6.45) is 3.82. The lowest BCUT2D eigenvalue weighted by atomic mass is 10.2. The second-order valence-electron chi connectivity index (χ2n) is 4.21. The summed E-state index contributed by atoms with van der Waals surface area (Å²) in [5.74, 6) is -0.911. The first-order valence-electron chi connectivity index (χ1n) is 5.96. The zero-order valence-corrected chi connectivity index (χ0v) is 10.4. The van der Waals surface area contributed by atoms with Crippen LogP contribution in [0, 0.1) is 13.8 Å². The van der Waals surface area contributed by atoms with Crippen molar-refractivity contribution >= 4 is 5.97 Å². The molecule has 17 heavy (non-hydrogen) atoms. The Balaban J connectivity index is 2.55. The van der Waals surface area contributed by atoms with E-state index >= 15 is 0 Å². The second-order valence-corrected chi connectivity index (χ2v) is 4.21. The molecular weight excluding hydrogens is 220 g/mol. The summed E-state index contributed by atoms with van der Waals surface area (Å²) in [5.41, 5.74) is 1.61. The fourth-order valence-corrected chi connectivity index (χ4v) is 1.95. The Kier molecular flexibility index (Phi) is 5.15. The number of hydrogen-bond donors (Lipinski definition) is 2. The topological polar surface area (TPSA) is 75.3 Å². The molecule has 0 amide bonds. The number of aromatic nitrogens is 2. The standard InChI is InChI=1S/C12H20N2O3/c1-9-11(12(16)17)10(2)14(13-9)7-5-3-4-6-8-15/h15H,3-8H2,1-2H3,(H,16,17). The van der Waals surface area contributed by atoms with Crippen molar-refractivity contribution in [2.45, 2.75) is 46.1 Å². The van der Waals surface area contributed by atoms with Gasteiger partial charge in [-0.3, -0.25) is 4.68 Å². The average molecular weight is 240 g/mol. The lowest BCUT2D eigenvalue weighted by molar-refractivity contribution is 0.0695. The summed E-state index contributed by atoms with van der Waals surface area (Å²) in [6, 6.07) is 0. The molecule has 0 aliphatic carbocycles. The fourth-order valence-electron chi connectivity index (χ4n) is 1.95. The van der Waals surface area contributed by atoms with E-state index in [2.05, 4.69) is 5.10 Å². The van der Waals surface area contributed by atoms with Crippen LogP contribution in [-0.4, -0.2) is 32.6 Å². The predicted octanol–water partition coefficient (Wildman–Crippen LogP) is 1.75. The summed E-state index contributed by atoms with van der Waals surface area (Å²) in [5, 5.41) is 21.9. The highest BCUT2D eigenvalue weighted by atomic mass is 16.4. The number of carbonyl (C=O) groups is 1. The minimum Gasteiger partial charge on any atom is -0.478 e. The number of nitrogens with zero attached hydrogens (tertiary/aromatic N) is 2. The van der Waals surface area contributed by atoms with E-state index < -0.39 is 5.97 Å². The largest absolute Gasteiger partial charge is 0.478 e. The van der Waals surface area contributed by atoms with Crippen molar-refractivity contribution in [2.75, 3.05) is 6.61 Å². The summed E-state index contributed by atoms with van der Waals surface area (Å²) < 4.78 is 1.76. The normalized spacial score (nSPS) is 10.8. The molecule has 0 aliphatic rings. The number of unbranched alkanes of at least 4 members (excludes halogenated alkanes) is 3. The van der Waals surface area contributed by atoms with Gasteiger partial charge in [0, 0.05) is 13.2 Å². The van der Waals surface area contributed by atoms with Crippen molar-refractivity contribution in [1.82, 2.24) is 9.78 Å². The molecule has 0 aliphatic heterocycles. The molecule has 0 atom stereocenters. The van der Waals surface area contributed by atoms with Crippen LogP contribution in [0.15, 0.2) is 0 Å². The van der Waals surface area contributed by atoms with Gasteiger partial charge in [-0.05, 0) is 26.7 Å². The summed E-state index contributed by atoms with van der Waals surface area (Å²) in [6.45, 7) is 4.49. The Hall–Kier alpha value is -1.36. The molecule has 0 bridgehead atoms. The van der Waals surface area contributed by atoms with Crippen molar-refractivity contribution in [2.24, 2.45) is 0 Å². The van der Waals surface area contributed by atoms with E-state index in [4.69, 9.17) is 10.2 Å². The van der Waals surface area contributed by atoms with Crippen molar-refractivity contribution in [3.63, 3.8) is 0 Å². The van der Waals surface area contributed by atoms with Crippen LogP contribution in [0.25, 0.3) is 0 Å². The van der Waals surface area contributed by atoms with Gasteiger partial charge in [-0.25, -0.2) is 4.79 Å². The Labute approximate surface area is 101 Å². The van der Waals surface area contributed by atoms with Gasteiger partial charge in [0.25, 0.3) is 0 Å². The van der Waals surface area contributed by atoms with E-state index in [0.717, 1.165) is 37.9 Å². The first kappa shape index (κ1) is 13.7. The molecule has 1 aromatic heterocycles. The molecule has 0 radical (unpaired) electrons. The number of aliphatic hydroxyl groups is 1. The molecule has 0 aromatic carbocycles. The average Bonchev–Trinajstić information content (AvgIpc) is 2.53. The zero-order valence-electron chi connectivity index (χ0n) is 10.4. The summed E-state index contributed by atoms with van der Waals surface area (Å²) in [4.78, 5) is 11.0. The van der Waals surface area contributed by atoms with Crippen LogP contribution in [0.5, 0.6) is 0 Å². The van der Waals surface area contributed by atoms with Gasteiger partial charge in [0.05, 0.1) is 11.4 Å². The SMILES string of the molecule is Cc1nn(CCCCCCO)c(C)c1C(=O)O. The fraction of sp³-hybridized carbons (Fsp3) is 0.667. The Bertz CT molecular complexity index is 385. The predicted molar refractivity (Wildman–Crippen MR) is 64.2 cm³/mol. The minimum atomic E-state index is -0.911. The Morgan fingerprint density at radius 3 is 2.41 bits per heavy atom. The highest BCUT2D eigenvalue weighted by molar-refractivity contribution is 5.90. The van der Waals surface area contributed by atoms with Gasteiger partial charge in [0.15, 0.2) is 0 Å². The van der Waals surface area contributed by atoms with Gasteiger partial charge in [-0.15, -0.1) is 0 Å². The van der Waals surface area contributed by atoms with Gasteiger partial charge < -0.3 is 10.2 Å². The first-order chi connectivity index (χ1) is 8.07. The molecule has 1 heterocycles. The van der Waals surface area contributed by atoms with Crippen molar-refractivity contribution in [1.29, 1.82) is 0 Å². The molecule has 0 unspecified atom stereocenters. The molecule has 5 heteroatoms. The van der Waals surface area contributed by atoms with Crippen molar-refractivity contribution < 1.29 is 15.0 Å². The van der Waals surface area contributed by atoms with Crippen LogP contribution in [0.1, 0.15) is 47.4 Å². The van der Waals surface area contributed by atoms with E-state index in [-0.39, 0.29) is 6.61 Å². The maximum absolute atomic E-state index is 11.0. The van der Waals surface area contributed by atoms with Crippen LogP contribution in [0.4, 0.5) is 0 Å². The first-order valence-corrected chi connectivity index (χ1v) is 5.96. The molecule has 0 spiro atoms. The van der Waals surface area contributed by atoms with Crippen LogP contribution >= 0.6 is 0 Å². The summed E-state index contributed by atoms with van der Waals surface area (Å²) >= 11 is 0. The van der Waals surface area contributed by atoms with E-state index in [9.17, 15) is 4.79 Å². The maximum Gasteiger partial charge on any atom is 0.339 e. The number of aliphatic hydroxyl groups excluding tert-OH is 1. The van der Waals surface area contributed by atoms with E-state index in [1.54, 1.807) is 18.5 Å².